The van der Waals surface area contributed by atoms with E-state index in [-0.39, 0.29) is 0 Å². The summed E-state index contributed by atoms with van der Waals surface area (Å²) in [5, 5.41) is 0.951. The average molecular weight is 150 g/mol. The zero-order valence-electron chi connectivity index (χ0n) is 5.53. The van der Waals surface area contributed by atoms with Crippen LogP contribution >= 0.6 is 11.8 Å². The second-order valence-corrected chi connectivity index (χ2v) is 2.50. The number of aromatic nitrogens is 1. The smallest absolute Gasteiger partial charge is 0.205 e. The fourth-order valence-electron chi connectivity index (χ4n) is 0.559. The topological polar surface area (TPSA) is 17.2 Å². The molecule has 3 heteroatoms. The molecule has 1 aromatic heterocycles. The van der Waals surface area contributed by atoms with Gasteiger partial charge in [-0.25, -0.2) is 4.85 Å². The normalized spacial score (nSPS) is 8.80. The minimum atomic E-state index is 0.595. The molecule has 0 aliphatic heterocycles. The van der Waals surface area contributed by atoms with Gasteiger partial charge in [0, 0.05) is 6.20 Å². The van der Waals surface area contributed by atoms with Gasteiger partial charge >= 0.3 is 0 Å². The molecular weight excluding hydrogens is 144 g/mol. The van der Waals surface area contributed by atoms with Crippen LogP contribution in [0.15, 0.2) is 23.4 Å². The first kappa shape index (κ1) is 7.10. The highest BCUT2D eigenvalue weighted by atomic mass is 32.2. The maximum atomic E-state index is 6.65. The number of nitrogens with zero attached hydrogens (tertiary/aromatic N) is 2. The zero-order valence-corrected chi connectivity index (χ0v) is 6.35. The molecule has 0 aliphatic rings. The first-order chi connectivity index (χ1) is 4.86. The third-order valence-corrected chi connectivity index (χ3v) is 1.72. The average Bonchev–Trinajstić information content (AvgIpc) is 2.05. The summed E-state index contributed by atoms with van der Waals surface area (Å²) in [6, 6.07) is 3.61. The molecule has 0 atom stereocenters. The molecule has 0 bridgehead atoms. The molecule has 0 aliphatic carbocycles. The molecule has 0 radical (unpaired) electrons. The first-order valence-corrected chi connectivity index (χ1v) is 3.97. The van der Waals surface area contributed by atoms with Gasteiger partial charge in [0.25, 0.3) is 0 Å². The van der Waals surface area contributed by atoms with Crippen molar-refractivity contribution in [2.24, 2.45) is 0 Å². The number of pyridine rings is 1. The van der Waals surface area contributed by atoms with E-state index in [0.717, 1.165) is 5.03 Å². The van der Waals surface area contributed by atoms with Crippen molar-refractivity contribution in [2.75, 3.05) is 6.26 Å². The summed E-state index contributed by atoms with van der Waals surface area (Å²) in [7, 11) is 0. The molecule has 0 amide bonds. The van der Waals surface area contributed by atoms with Crippen molar-refractivity contribution < 1.29 is 0 Å². The van der Waals surface area contributed by atoms with Crippen molar-refractivity contribution in [3.63, 3.8) is 0 Å². The molecule has 0 spiro atoms. The number of rotatable bonds is 1. The highest BCUT2D eigenvalue weighted by Gasteiger charge is 1.90. The van der Waals surface area contributed by atoms with Crippen LogP contribution in [-0.2, 0) is 0 Å². The Morgan fingerprint density at radius 1 is 1.60 bits per heavy atom. The highest BCUT2D eigenvalue weighted by molar-refractivity contribution is 7.98. The standard InChI is InChI=1S/C7H6N2S/c1-8-6-3-4-7(10-2)9-5-6/h3-5H,2H3. The summed E-state index contributed by atoms with van der Waals surface area (Å²) in [6.07, 6.45) is 3.54. The summed E-state index contributed by atoms with van der Waals surface area (Å²) >= 11 is 1.57. The number of thioether (sulfide) groups is 1. The van der Waals surface area contributed by atoms with Gasteiger partial charge in [-0.3, -0.25) is 4.98 Å². The lowest BCUT2D eigenvalue weighted by atomic mass is 10.4. The zero-order chi connectivity index (χ0) is 7.40. The predicted molar refractivity (Wildman–Crippen MR) is 42.3 cm³/mol. The van der Waals surface area contributed by atoms with E-state index in [1.165, 1.54) is 0 Å². The lowest BCUT2D eigenvalue weighted by molar-refractivity contribution is 1.14. The van der Waals surface area contributed by atoms with Gasteiger partial charge in [-0.2, -0.15) is 0 Å². The Kier molecular flexibility index (Phi) is 2.30. The molecule has 0 saturated carbocycles. The van der Waals surface area contributed by atoms with Gasteiger partial charge in [0.05, 0.1) is 11.6 Å². The maximum absolute atomic E-state index is 6.65. The van der Waals surface area contributed by atoms with E-state index in [0.29, 0.717) is 5.69 Å². The van der Waals surface area contributed by atoms with Gasteiger partial charge in [0.15, 0.2) is 0 Å². The van der Waals surface area contributed by atoms with Crippen molar-refractivity contribution in [1.82, 2.24) is 4.98 Å². The summed E-state index contributed by atoms with van der Waals surface area (Å²) in [6.45, 7) is 6.65. The monoisotopic (exact) mass is 150 g/mol. The van der Waals surface area contributed by atoms with E-state index >= 15 is 0 Å². The molecule has 10 heavy (non-hydrogen) atoms. The highest BCUT2D eigenvalue weighted by Crippen LogP contribution is 2.15. The molecule has 50 valence electrons. The number of hydrogen-bond acceptors (Lipinski definition) is 2. The molecule has 1 aromatic rings. The molecule has 0 unspecified atom stereocenters. The molecule has 0 N–H and O–H groups in total. The van der Waals surface area contributed by atoms with Gasteiger partial charge in [0.2, 0.25) is 5.69 Å². The van der Waals surface area contributed by atoms with E-state index < -0.39 is 0 Å². The van der Waals surface area contributed by atoms with Crippen LogP contribution in [0, 0.1) is 6.57 Å². The van der Waals surface area contributed by atoms with Crippen molar-refractivity contribution >= 4 is 17.4 Å². The number of hydrogen-bond donors (Lipinski definition) is 0. The fourth-order valence-corrected chi connectivity index (χ4v) is 0.922. The van der Waals surface area contributed by atoms with Crippen LogP contribution in [0.4, 0.5) is 5.69 Å². The first-order valence-electron chi connectivity index (χ1n) is 2.74. The Morgan fingerprint density at radius 3 is 2.80 bits per heavy atom. The molecular formula is C7H6N2S. The van der Waals surface area contributed by atoms with Crippen LogP contribution in [0.25, 0.3) is 4.85 Å². The fraction of sp³-hybridized carbons (Fsp3) is 0.143. The van der Waals surface area contributed by atoms with Crippen LogP contribution < -0.4 is 0 Å². The minimum Gasteiger partial charge on any atom is -0.262 e. The summed E-state index contributed by atoms with van der Waals surface area (Å²) in [4.78, 5) is 7.24. The molecule has 0 aromatic carbocycles. The van der Waals surface area contributed by atoms with Gasteiger partial charge in [-0.05, 0) is 12.3 Å². The van der Waals surface area contributed by atoms with E-state index in [1.807, 2.05) is 12.3 Å². The van der Waals surface area contributed by atoms with Crippen LogP contribution in [-0.4, -0.2) is 11.2 Å². The van der Waals surface area contributed by atoms with Crippen LogP contribution in [0.5, 0.6) is 0 Å². The molecule has 1 rings (SSSR count). The van der Waals surface area contributed by atoms with Gasteiger partial charge < -0.3 is 0 Å². The van der Waals surface area contributed by atoms with Crippen molar-refractivity contribution in [1.29, 1.82) is 0 Å². The Labute approximate surface area is 64.1 Å². The van der Waals surface area contributed by atoms with Crippen LogP contribution in [0.2, 0.25) is 0 Å². The Morgan fingerprint density at radius 2 is 2.40 bits per heavy atom. The third kappa shape index (κ3) is 1.49. The Balaban J connectivity index is 2.93. The second-order valence-electron chi connectivity index (χ2n) is 1.67. The summed E-state index contributed by atoms with van der Waals surface area (Å²) in [5.41, 5.74) is 0.595. The van der Waals surface area contributed by atoms with E-state index in [1.54, 1.807) is 24.0 Å². The quantitative estimate of drug-likeness (QED) is 0.451. The van der Waals surface area contributed by atoms with Crippen molar-refractivity contribution in [3.8, 4) is 0 Å². The maximum Gasteiger partial charge on any atom is 0.205 e. The summed E-state index contributed by atoms with van der Waals surface area (Å²) < 4.78 is 0. The Hall–Kier alpha value is -1.01. The lowest BCUT2D eigenvalue weighted by Gasteiger charge is -1.91. The lowest BCUT2D eigenvalue weighted by Crippen LogP contribution is -1.73. The molecule has 1 heterocycles. The van der Waals surface area contributed by atoms with Gasteiger partial charge in [-0.15, -0.1) is 11.8 Å². The van der Waals surface area contributed by atoms with E-state index in [9.17, 15) is 0 Å². The van der Waals surface area contributed by atoms with Crippen molar-refractivity contribution in [3.05, 3.63) is 29.7 Å². The van der Waals surface area contributed by atoms with E-state index in [2.05, 4.69) is 9.83 Å². The minimum absolute atomic E-state index is 0.595. The van der Waals surface area contributed by atoms with Crippen LogP contribution in [0.3, 0.4) is 0 Å². The molecule has 0 fully saturated rings. The van der Waals surface area contributed by atoms with Crippen LogP contribution in [0.1, 0.15) is 0 Å². The Bertz CT molecular complexity index is 247. The third-order valence-electron chi connectivity index (χ3n) is 1.06. The molecule has 2 nitrogen and oxygen atoms in total. The summed E-state index contributed by atoms with van der Waals surface area (Å²) in [5.74, 6) is 0. The van der Waals surface area contributed by atoms with Gasteiger partial charge in [-0.1, -0.05) is 6.07 Å². The van der Waals surface area contributed by atoms with Gasteiger partial charge in [0.1, 0.15) is 0 Å². The predicted octanol–water partition coefficient (Wildman–Crippen LogP) is 2.35. The SMILES string of the molecule is [C-]#[N+]c1ccc(SC)nc1. The molecule has 0 saturated heterocycles. The largest absolute Gasteiger partial charge is 0.262 e. The van der Waals surface area contributed by atoms with Crippen molar-refractivity contribution in [2.45, 2.75) is 5.03 Å². The second kappa shape index (κ2) is 3.23. The van der Waals surface area contributed by atoms with E-state index in [4.69, 9.17) is 6.57 Å².